The minimum absolute atomic E-state index is 0.109. The number of hydrogen-bond donors (Lipinski definition) is 1. The Labute approximate surface area is 161 Å². The van der Waals surface area contributed by atoms with Gasteiger partial charge in [0.25, 0.3) is 0 Å². The van der Waals surface area contributed by atoms with Crippen LogP contribution in [0.3, 0.4) is 0 Å². The number of carbonyl (C=O) groups is 1. The van der Waals surface area contributed by atoms with Gasteiger partial charge in [0.1, 0.15) is 6.04 Å². The molecule has 1 aliphatic heterocycles. The Kier molecular flexibility index (Phi) is 6.55. The minimum atomic E-state index is -3.35. The van der Waals surface area contributed by atoms with E-state index in [9.17, 15) is 13.2 Å². The van der Waals surface area contributed by atoms with Gasteiger partial charge in [-0.15, -0.1) is 0 Å². The monoisotopic (exact) mass is 391 g/mol. The Hall–Kier alpha value is -1.86. The number of amides is 1. The molecule has 1 saturated heterocycles. The summed E-state index contributed by atoms with van der Waals surface area (Å²) in [6.07, 6.45) is 5.76. The zero-order chi connectivity index (χ0) is 19.3. The van der Waals surface area contributed by atoms with E-state index >= 15 is 0 Å². The van der Waals surface area contributed by atoms with Gasteiger partial charge in [-0.1, -0.05) is 31.5 Å². The van der Waals surface area contributed by atoms with Gasteiger partial charge < -0.3 is 9.88 Å². The fraction of sp³-hybridized carbons (Fsp3) is 0.550. The smallest absolute Gasteiger partial charge is 0.238 e. The van der Waals surface area contributed by atoms with E-state index in [2.05, 4.69) is 34.3 Å². The van der Waals surface area contributed by atoms with E-state index in [1.165, 1.54) is 15.2 Å². The molecule has 3 rings (SSSR count). The van der Waals surface area contributed by atoms with Crippen LogP contribution in [-0.4, -0.2) is 48.1 Å². The molecule has 1 aromatic heterocycles. The Morgan fingerprint density at radius 3 is 2.85 bits per heavy atom. The van der Waals surface area contributed by atoms with Crippen molar-refractivity contribution in [3.63, 3.8) is 0 Å². The standard InChI is InChI=1S/C20H29N3O3S/c1-2-16-27(25,26)23-14-6-5-10-19(23)20(24)21-12-7-13-22-15-11-17-8-3-4-9-18(17)22/h3-4,8-9,11,15,19H,2,5-7,10,12-14,16H2,1H3,(H,21,24). The lowest BCUT2D eigenvalue weighted by Gasteiger charge is -2.33. The number of fused-ring (bicyclic) bond motifs is 1. The molecule has 0 saturated carbocycles. The fourth-order valence-corrected chi connectivity index (χ4v) is 5.54. The van der Waals surface area contributed by atoms with E-state index in [0.29, 0.717) is 25.9 Å². The summed E-state index contributed by atoms with van der Waals surface area (Å²) < 4.78 is 28.5. The second-order valence-electron chi connectivity index (χ2n) is 7.15. The van der Waals surface area contributed by atoms with Crippen LogP contribution in [0.4, 0.5) is 0 Å². The number of para-hydroxylation sites is 1. The van der Waals surface area contributed by atoms with Crippen LogP contribution >= 0.6 is 0 Å². The van der Waals surface area contributed by atoms with Gasteiger partial charge in [0.2, 0.25) is 15.9 Å². The Morgan fingerprint density at radius 1 is 1.22 bits per heavy atom. The van der Waals surface area contributed by atoms with Crippen LogP contribution in [-0.2, 0) is 21.4 Å². The Morgan fingerprint density at radius 2 is 2.04 bits per heavy atom. The molecule has 1 aliphatic rings. The first-order chi connectivity index (χ1) is 13.0. The molecule has 1 amide bonds. The van der Waals surface area contributed by atoms with E-state index in [-0.39, 0.29) is 11.7 Å². The van der Waals surface area contributed by atoms with Gasteiger partial charge >= 0.3 is 0 Å². The van der Waals surface area contributed by atoms with Crippen molar-refractivity contribution < 1.29 is 13.2 Å². The molecule has 0 spiro atoms. The second kappa shape index (κ2) is 8.89. The van der Waals surface area contributed by atoms with Gasteiger partial charge in [0.05, 0.1) is 5.75 Å². The number of benzene rings is 1. The minimum Gasteiger partial charge on any atom is -0.355 e. The molecule has 148 valence electrons. The van der Waals surface area contributed by atoms with Gasteiger partial charge in [0, 0.05) is 31.3 Å². The van der Waals surface area contributed by atoms with Gasteiger partial charge in [-0.2, -0.15) is 4.31 Å². The van der Waals surface area contributed by atoms with Crippen LogP contribution < -0.4 is 5.32 Å². The first-order valence-electron chi connectivity index (χ1n) is 9.84. The highest BCUT2D eigenvalue weighted by Gasteiger charge is 2.35. The summed E-state index contributed by atoms with van der Waals surface area (Å²) in [5, 5.41) is 4.16. The van der Waals surface area contributed by atoms with Crippen molar-refractivity contribution in [1.29, 1.82) is 0 Å². The van der Waals surface area contributed by atoms with Crippen LogP contribution in [0, 0.1) is 0 Å². The van der Waals surface area contributed by atoms with Gasteiger partial charge in [-0.05, 0) is 43.2 Å². The van der Waals surface area contributed by atoms with Crippen molar-refractivity contribution in [2.45, 2.75) is 51.6 Å². The lowest BCUT2D eigenvalue weighted by Crippen LogP contribution is -2.52. The van der Waals surface area contributed by atoms with Crippen molar-refractivity contribution in [2.24, 2.45) is 0 Å². The second-order valence-corrected chi connectivity index (χ2v) is 9.19. The zero-order valence-corrected chi connectivity index (χ0v) is 16.7. The third-order valence-electron chi connectivity index (χ3n) is 5.13. The zero-order valence-electron chi connectivity index (χ0n) is 15.9. The molecule has 2 aromatic rings. The molecule has 27 heavy (non-hydrogen) atoms. The van der Waals surface area contributed by atoms with Crippen LogP contribution in [0.5, 0.6) is 0 Å². The molecule has 1 fully saturated rings. The molecule has 0 bridgehead atoms. The average molecular weight is 392 g/mol. The third kappa shape index (κ3) is 4.71. The average Bonchev–Trinajstić information content (AvgIpc) is 3.08. The van der Waals surface area contributed by atoms with Crippen molar-refractivity contribution in [3.05, 3.63) is 36.5 Å². The first-order valence-corrected chi connectivity index (χ1v) is 11.4. The quantitative estimate of drug-likeness (QED) is 0.704. The third-order valence-corrected chi connectivity index (χ3v) is 7.21. The molecule has 0 radical (unpaired) electrons. The molecule has 2 heterocycles. The summed E-state index contributed by atoms with van der Waals surface area (Å²) in [4.78, 5) is 12.6. The van der Waals surface area contributed by atoms with E-state index in [4.69, 9.17) is 0 Å². The first kappa shape index (κ1) is 19.9. The number of nitrogens with zero attached hydrogens (tertiary/aromatic N) is 2. The van der Waals surface area contributed by atoms with E-state index in [0.717, 1.165) is 25.8 Å². The predicted octanol–water partition coefficient (Wildman–Crippen LogP) is 2.74. The molecule has 6 nitrogen and oxygen atoms in total. The number of rotatable bonds is 8. The fourth-order valence-electron chi connectivity index (χ4n) is 3.79. The van der Waals surface area contributed by atoms with Crippen LogP contribution in [0.2, 0.25) is 0 Å². The summed E-state index contributed by atoms with van der Waals surface area (Å²) >= 11 is 0. The highest BCUT2D eigenvalue weighted by Crippen LogP contribution is 2.21. The van der Waals surface area contributed by atoms with Crippen molar-refractivity contribution in [3.8, 4) is 0 Å². The number of aryl methyl sites for hydroxylation is 1. The van der Waals surface area contributed by atoms with E-state index in [1.807, 2.05) is 19.1 Å². The number of piperidine rings is 1. The van der Waals surface area contributed by atoms with Gasteiger partial charge in [-0.25, -0.2) is 8.42 Å². The molecule has 1 N–H and O–H groups in total. The lowest BCUT2D eigenvalue weighted by molar-refractivity contribution is -0.125. The van der Waals surface area contributed by atoms with Crippen LogP contribution in [0.25, 0.3) is 10.9 Å². The molecular weight excluding hydrogens is 362 g/mol. The SMILES string of the molecule is CCCS(=O)(=O)N1CCCCC1C(=O)NCCCn1ccc2ccccc21. The van der Waals surface area contributed by atoms with Crippen LogP contribution in [0.1, 0.15) is 39.0 Å². The number of hydrogen-bond acceptors (Lipinski definition) is 3. The summed E-state index contributed by atoms with van der Waals surface area (Å²) in [6.45, 7) is 3.66. The maximum atomic E-state index is 12.6. The molecule has 1 aromatic carbocycles. The number of sulfonamides is 1. The Balaban J connectivity index is 1.53. The molecule has 7 heteroatoms. The largest absolute Gasteiger partial charge is 0.355 e. The molecule has 1 unspecified atom stereocenters. The maximum absolute atomic E-state index is 12.6. The summed E-state index contributed by atoms with van der Waals surface area (Å²) in [6, 6.07) is 9.76. The number of aromatic nitrogens is 1. The molecular formula is C20H29N3O3S. The normalized spacial score (nSPS) is 18.6. The van der Waals surface area contributed by atoms with Crippen LogP contribution in [0.15, 0.2) is 36.5 Å². The van der Waals surface area contributed by atoms with Gasteiger partial charge in [-0.3, -0.25) is 4.79 Å². The molecule has 0 aliphatic carbocycles. The topological polar surface area (TPSA) is 71.4 Å². The van der Waals surface area contributed by atoms with Crippen molar-refractivity contribution in [1.82, 2.24) is 14.2 Å². The summed E-state index contributed by atoms with van der Waals surface area (Å²) in [7, 11) is -3.35. The highest BCUT2D eigenvalue weighted by molar-refractivity contribution is 7.89. The van der Waals surface area contributed by atoms with Crippen molar-refractivity contribution in [2.75, 3.05) is 18.8 Å². The Bertz CT molecular complexity index is 875. The highest BCUT2D eigenvalue weighted by atomic mass is 32.2. The predicted molar refractivity (Wildman–Crippen MR) is 108 cm³/mol. The van der Waals surface area contributed by atoms with Gasteiger partial charge in [0.15, 0.2) is 0 Å². The molecule has 1 atom stereocenters. The van der Waals surface area contributed by atoms with Crippen molar-refractivity contribution >= 4 is 26.8 Å². The maximum Gasteiger partial charge on any atom is 0.238 e. The number of carbonyl (C=O) groups excluding carboxylic acids is 1. The number of nitrogens with one attached hydrogen (secondary N) is 1. The summed E-state index contributed by atoms with van der Waals surface area (Å²) in [5.74, 6) is -0.0518. The van der Waals surface area contributed by atoms with E-state index < -0.39 is 16.1 Å². The summed E-state index contributed by atoms with van der Waals surface area (Å²) in [5.41, 5.74) is 1.19. The lowest BCUT2D eigenvalue weighted by atomic mass is 10.0. The van der Waals surface area contributed by atoms with E-state index in [1.54, 1.807) is 0 Å².